The number of amides is 2. The zero-order valence-electron chi connectivity index (χ0n) is 10.9. The molecule has 0 radical (unpaired) electrons. The predicted octanol–water partition coefficient (Wildman–Crippen LogP) is -0.235. The lowest BCUT2D eigenvalue weighted by Crippen LogP contribution is -2.49. The Kier molecular flexibility index (Phi) is 4.05. The largest absolute Gasteiger partial charge is 0.354 e. The number of carbonyl (C=O) groups excluding carboxylic acids is 2. The van der Waals surface area contributed by atoms with Crippen LogP contribution in [0.25, 0.3) is 0 Å². The molecule has 2 N–H and O–H groups in total. The molecule has 1 aliphatic rings. The summed E-state index contributed by atoms with van der Waals surface area (Å²) in [7, 11) is -3.73. The molecule has 1 aromatic carbocycles. The SMILES string of the molecule is CC(=O)Nc1cccc(S(=O)(=O)N2CCNC(=O)C2)c1. The fraction of sp³-hybridized carbons (Fsp3) is 0.333. The molecule has 1 aromatic rings. The third-order valence-corrected chi connectivity index (χ3v) is 4.64. The minimum Gasteiger partial charge on any atom is -0.354 e. The molecule has 1 heterocycles. The lowest BCUT2D eigenvalue weighted by molar-refractivity contribution is -0.122. The molecular formula is C12H15N3O4S. The number of hydrogen-bond donors (Lipinski definition) is 2. The highest BCUT2D eigenvalue weighted by Crippen LogP contribution is 2.20. The van der Waals surface area contributed by atoms with E-state index >= 15 is 0 Å². The van der Waals surface area contributed by atoms with Crippen LogP contribution >= 0.6 is 0 Å². The van der Waals surface area contributed by atoms with Crippen molar-refractivity contribution in [2.75, 3.05) is 25.0 Å². The van der Waals surface area contributed by atoms with Gasteiger partial charge < -0.3 is 10.6 Å². The molecule has 0 spiro atoms. The van der Waals surface area contributed by atoms with Crippen LogP contribution in [0.5, 0.6) is 0 Å². The zero-order valence-corrected chi connectivity index (χ0v) is 11.7. The standard InChI is InChI=1S/C12H15N3O4S/c1-9(16)14-10-3-2-4-11(7-10)20(18,19)15-6-5-13-12(17)8-15/h2-4,7H,5-6,8H2,1H3,(H,13,17)(H,14,16). The molecular weight excluding hydrogens is 282 g/mol. The van der Waals surface area contributed by atoms with E-state index in [1.165, 1.54) is 19.1 Å². The molecule has 0 unspecified atom stereocenters. The number of piperazine rings is 1. The van der Waals surface area contributed by atoms with Crippen molar-refractivity contribution in [3.8, 4) is 0 Å². The summed E-state index contributed by atoms with van der Waals surface area (Å²) in [5.74, 6) is -0.602. The van der Waals surface area contributed by atoms with Gasteiger partial charge in [0.25, 0.3) is 0 Å². The van der Waals surface area contributed by atoms with Gasteiger partial charge in [0.15, 0.2) is 0 Å². The van der Waals surface area contributed by atoms with Crippen LogP contribution in [0.1, 0.15) is 6.92 Å². The lowest BCUT2D eigenvalue weighted by Gasteiger charge is -2.26. The Morgan fingerprint density at radius 3 is 2.80 bits per heavy atom. The van der Waals surface area contributed by atoms with Crippen molar-refractivity contribution in [2.24, 2.45) is 0 Å². The van der Waals surface area contributed by atoms with Gasteiger partial charge in [-0.05, 0) is 18.2 Å². The van der Waals surface area contributed by atoms with Crippen molar-refractivity contribution in [2.45, 2.75) is 11.8 Å². The molecule has 0 aromatic heterocycles. The Morgan fingerprint density at radius 2 is 2.15 bits per heavy atom. The maximum atomic E-state index is 12.4. The second-order valence-corrected chi connectivity index (χ2v) is 6.34. The van der Waals surface area contributed by atoms with Crippen LogP contribution in [0.3, 0.4) is 0 Å². The van der Waals surface area contributed by atoms with Crippen LogP contribution in [0.4, 0.5) is 5.69 Å². The number of anilines is 1. The molecule has 20 heavy (non-hydrogen) atoms. The normalized spacial score (nSPS) is 16.6. The Balaban J connectivity index is 2.29. The van der Waals surface area contributed by atoms with Gasteiger partial charge >= 0.3 is 0 Å². The van der Waals surface area contributed by atoms with E-state index in [1.807, 2.05) is 0 Å². The average Bonchev–Trinajstić information content (AvgIpc) is 2.38. The first-order valence-corrected chi connectivity index (χ1v) is 7.48. The fourth-order valence-corrected chi connectivity index (χ4v) is 3.35. The van der Waals surface area contributed by atoms with Crippen LogP contribution in [-0.4, -0.2) is 44.2 Å². The Hall–Kier alpha value is -1.93. The number of rotatable bonds is 3. The molecule has 1 aliphatic heterocycles. The fourth-order valence-electron chi connectivity index (χ4n) is 1.91. The summed E-state index contributed by atoms with van der Waals surface area (Å²) < 4.78 is 25.9. The van der Waals surface area contributed by atoms with Gasteiger partial charge in [-0.25, -0.2) is 8.42 Å². The van der Waals surface area contributed by atoms with Crippen LogP contribution in [0.15, 0.2) is 29.2 Å². The number of benzene rings is 1. The number of hydrogen-bond acceptors (Lipinski definition) is 4. The molecule has 7 nitrogen and oxygen atoms in total. The van der Waals surface area contributed by atoms with Gasteiger partial charge in [-0.15, -0.1) is 0 Å². The van der Waals surface area contributed by atoms with E-state index < -0.39 is 10.0 Å². The van der Waals surface area contributed by atoms with Gasteiger partial charge in [-0.1, -0.05) is 6.07 Å². The van der Waals surface area contributed by atoms with Gasteiger partial charge in [0, 0.05) is 25.7 Å². The van der Waals surface area contributed by atoms with Gasteiger partial charge in [0.1, 0.15) is 0 Å². The van der Waals surface area contributed by atoms with Crippen molar-refractivity contribution < 1.29 is 18.0 Å². The summed E-state index contributed by atoms with van der Waals surface area (Å²) in [5.41, 5.74) is 0.403. The van der Waals surface area contributed by atoms with Crippen LogP contribution in [0, 0.1) is 0 Å². The van der Waals surface area contributed by atoms with Gasteiger partial charge in [-0.3, -0.25) is 9.59 Å². The van der Waals surface area contributed by atoms with Crippen LogP contribution in [-0.2, 0) is 19.6 Å². The number of carbonyl (C=O) groups is 2. The molecule has 1 fully saturated rings. The molecule has 0 aliphatic carbocycles. The second kappa shape index (κ2) is 5.59. The Bertz CT molecular complexity index is 642. The third kappa shape index (κ3) is 3.14. The van der Waals surface area contributed by atoms with E-state index in [4.69, 9.17) is 0 Å². The summed E-state index contributed by atoms with van der Waals surface area (Å²) >= 11 is 0. The Morgan fingerprint density at radius 1 is 1.40 bits per heavy atom. The highest BCUT2D eigenvalue weighted by atomic mass is 32.2. The van der Waals surface area contributed by atoms with Crippen LogP contribution in [0.2, 0.25) is 0 Å². The lowest BCUT2D eigenvalue weighted by atomic mass is 10.3. The average molecular weight is 297 g/mol. The highest BCUT2D eigenvalue weighted by Gasteiger charge is 2.29. The molecule has 2 amide bonds. The summed E-state index contributed by atoms with van der Waals surface area (Å²) in [6.07, 6.45) is 0. The molecule has 0 bridgehead atoms. The van der Waals surface area contributed by atoms with E-state index in [0.717, 1.165) is 4.31 Å². The van der Waals surface area contributed by atoms with Gasteiger partial charge in [0.2, 0.25) is 21.8 Å². The third-order valence-electron chi connectivity index (χ3n) is 2.80. The topological polar surface area (TPSA) is 95.6 Å². The summed E-state index contributed by atoms with van der Waals surface area (Å²) in [5, 5.41) is 5.10. The summed E-state index contributed by atoms with van der Waals surface area (Å²) in [6, 6.07) is 5.96. The van der Waals surface area contributed by atoms with Crippen molar-refractivity contribution in [3.63, 3.8) is 0 Å². The minimum atomic E-state index is -3.73. The first kappa shape index (κ1) is 14.5. The molecule has 8 heteroatoms. The summed E-state index contributed by atoms with van der Waals surface area (Å²) in [6.45, 7) is 1.69. The quantitative estimate of drug-likeness (QED) is 0.805. The van der Waals surface area contributed by atoms with Crippen LogP contribution < -0.4 is 10.6 Å². The van der Waals surface area contributed by atoms with Crippen molar-refractivity contribution in [1.29, 1.82) is 0 Å². The first-order valence-electron chi connectivity index (χ1n) is 6.04. The number of nitrogens with one attached hydrogen (secondary N) is 2. The van der Waals surface area contributed by atoms with Crippen molar-refractivity contribution >= 4 is 27.5 Å². The van der Waals surface area contributed by atoms with E-state index in [-0.39, 0.29) is 29.8 Å². The maximum Gasteiger partial charge on any atom is 0.243 e. The second-order valence-electron chi connectivity index (χ2n) is 4.40. The molecule has 0 saturated carbocycles. The molecule has 2 rings (SSSR count). The smallest absolute Gasteiger partial charge is 0.243 e. The number of sulfonamides is 1. The van der Waals surface area contributed by atoms with E-state index in [1.54, 1.807) is 12.1 Å². The van der Waals surface area contributed by atoms with Crippen molar-refractivity contribution in [1.82, 2.24) is 9.62 Å². The van der Waals surface area contributed by atoms with Gasteiger partial charge in [-0.2, -0.15) is 4.31 Å². The van der Waals surface area contributed by atoms with Crippen molar-refractivity contribution in [3.05, 3.63) is 24.3 Å². The molecule has 1 saturated heterocycles. The number of nitrogens with zero attached hydrogens (tertiary/aromatic N) is 1. The Labute approximate surface area is 117 Å². The molecule has 0 atom stereocenters. The summed E-state index contributed by atoms with van der Waals surface area (Å²) in [4.78, 5) is 22.3. The zero-order chi connectivity index (χ0) is 14.8. The maximum absolute atomic E-state index is 12.4. The van der Waals surface area contributed by atoms with E-state index in [0.29, 0.717) is 12.2 Å². The van der Waals surface area contributed by atoms with E-state index in [2.05, 4.69) is 10.6 Å². The highest BCUT2D eigenvalue weighted by molar-refractivity contribution is 7.89. The first-order chi connectivity index (χ1) is 9.39. The van der Waals surface area contributed by atoms with E-state index in [9.17, 15) is 18.0 Å². The predicted molar refractivity (Wildman–Crippen MR) is 72.5 cm³/mol. The minimum absolute atomic E-state index is 0.0541. The van der Waals surface area contributed by atoms with Gasteiger partial charge in [0.05, 0.1) is 11.4 Å². The molecule has 108 valence electrons. The monoisotopic (exact) mass is 297 g/mol.